The Morgan fingerprint density at radius 2 is 2.04 bits per heavy atom. The van der Waals surface area contributed by atoms with Gasteiger partial charge in [0.2, 0.25) is 0 Å². The summed E-state index contributed by atoms with van der Waals surface area (Å²) < 4.78 is 11.3. The van der Waals surface area contributed by atoms with Crippen molar-refractivity contribution in [3.8, 4) is 22.9 Å². The van der Waals surface area contributed by atoms with Gasteiger partial charge in [-0.05, 0) is 29.8 Å². The fourth-order valence-electron chi connectivity index (χ4n) is 3.57. The first-order valence-electron chi connectivity index (χ1n) is 8.94. The molecule has 0 aliphatic carbocycles. The molecule has 0 amide bonds. The summed E-state index contributed by atoms with van der Waals surface area (Å²) in [5.74, 6) is 2.60. The Hall–Kier alpha value is -2.86. The average Bonchev–Trinajstić information content (AvgIpc) is 3.12. The number of aromatic nitrogens is 3. The van der Waals surface area contributed by atoms with Crippen molar-refractivity contribution in [1.29, 1.82) is 0 Å². The minimum atomic E-state index is 0.620. The standard InChI is InChI=1S/C20H20N4O2/c1-2-15(11-21-6-1)20-22-16-5-7-24(13-17(16)23-20)12-14-3-4-18-19(10-14)26-9-8-25-18/h1-4,6,10-11H,5,7-9,12-13H2,(H,22,23). The first-order chi connectivity index (χ1) is 12.8. The number of H-pyrrole nitrogens is 1. The molecule has 0 fully saturated rings. The highest BCUT2D eigenvalue weighted by Gasteiger charge is 2.21. The minimum Gasteiger partial charge on any atom is -0.486 e. The lowest BCUT2D eigenvalue weighted by Crippen LogP contribution is -2.30. The normalized spacial score (nSPS) is 16.3. The molecule has 0 saturated carbocycles. The van der Waals surface area contributed by atoms with Crippen LogP contribution in [0.25, 0.3) is 11.4 Å². The van der Waals surface area contributed by atoms with Crippen molar-refractivity contribution in [1.82, 2.24) is 19.9 Å². The number of imidazole rings is 1. The third-order valence-electron chi connectivity index (χ3n) is 4.86. The number of nitrogens with zero attached hydrogens (tertiary/aromatic N) is 3. The topological polar surface area (TPSA) is 63.3 Å². The van der Waals surface area contributed by atoms with Gasteiger partial charge in [-0.25, -0.2) is 4.98 Å². The van der Waals surface area contributed by atoms with Crippen LogP contribution < -0.4 is 9.47 Å². The van der Waals surface area contributed by atoms with Gasteiger partial charge in [0.1, 0.15) is 19.0 Å². The van der Waals surface area contributed by atoms with Crippen molar-refractivity contribution >= 4 is 0 Å². The van der Waals surface area contributed by atoms with Gasteiger partial charge >= 0.3 is 0 Å². The second kappa shape index (κ2) is 6.46. The molecule has 26 heavy (non-hydrogen) atoms. The van der Waals surface area contributed by atoms with Crippen LogP contribution in [0.5, 0.6) is 11.5 Å². The zero-order valence-electron chi connectivity index (χ0n) is 14.4. The SMILES string of the molecule is c1cncc(-c2nc3c([nH]2)CN(Cc2ccc4c(c2)OCCO4)CC3)c1. The lowest BCUT2D eigenvalue weighted by Gasteiger charge is -2.26. The summed E-state index contributed by atoms with van der Waals surface area (Å²) in [6.07, 6.45) is 4.58. The molecule has 6 heteroatoms. The van der Waals surface area contributed by atoms with E-state index in [2.05, 4.69) is 27.0 Å². The molecular weight excluding hydrogens is 328 g/mol. The van der Waals surface area contributed by atoms with Crippen LogP contribution in [0.4, 0.5) is 0 Å². The van der Waals surface area contributed by atoms with Gasteiger partial charge in [0.05, 0.1) is 11.4 Å². The van der Waals surface area contributed by atoms with Gasteiger partial charge in [-0.3, -0.25) is 9.88 Å². The zero-order chi connectivity index (χ0) is 17.3. The van der Waals surface area contributed by atoms with Gasteiger partial charge in [-0.1, -0.05) is 6.07 Å². The van der Waals surface area contributed by atoms with Crippen molar-refractivity contribution in [3.05, 3.63) is 59.7 Å². The molecule has 0 saturated heterocycles. The van der Waals surface area contributed by atoms with E-state index in [1.807, 2.05) is 24.4 Å². The Morgan fingerprint density at radius 3 is 2.92 bits per heavy atom. The molecule has 6 nitrogen and oxygen atoms in total. The van der Waals surface area contributed by atoms with Crippen molar-refractivity contribution in [2.75, 3.05) is 19.8 Å². The molecule has 2 aliphatic rings. The van der Waals surface area contributed by atoms with Crippen LogP contribution in [-0.2, 0) is 19.5 Å². The molecular formula is C20H20N4O2. The van der Waals surface area contributed by atoms with Gasteiger partial charge < -0.3 is 14.5 Å². The summed E-state index contributed by atoms with van der Waals surface area (Å²) in [5.41, 5.74) is 4.64. The van der Waals surface area contributed by atoms with Gasteiger partial charge in [-0.2, -0.15) is 0 Å². The number of hydrogen-bond acceptors (Lipinski definition) is 5. The lowest BCUT2D eigenvalue weighted by atomic mass is 10.1. The molecule has 132 valence electrons. The van der Waals surface area contributed by atoms with Crippen LogP contribution in [0.2, 0.25) is 0 Å². The first kappa shape index (κ1) is 15.4. The molecule has 5 rings (SSSR count). The van der Waals surface area contributed by atoms with Crippen molar-refractivity contribution in [2.45, 2.75) is 19.5 Å². The second-order valence-electron chi connectivity index (χ2n) is 6.69. The van der Waals surface area contributed by atoms with E-state index >= 15 is 0 Å². The summed E-state index contributed by atoms with van der Waals surface area (Å²) in [6, 6.07) is 10.2. The Bertz CT molecular complexity index is 923. The van der Waals surface area contributed by atoms with E-state index < -0.39 is 0 Å². The highest BCUT2D eigenvalue weighted by molar-refractivity contribution is 5.54. The van der Waals surface area contributed by atoms with E-state index in [9.17, 15) is 0 Å². The van der Waals surface area contributed by atoms with Crippen molar-refractivity contribution < 1.29 is 9.47 Å². The number of ether oxygens (including phenoxy) is 2. The summed E-state index contributed by atoms with van der Waals surface area (Å²) in [4.78, 5) is 14.8. The highest BCUT2D eigenvalue weighted by atomic mass is 16.6. The predicted octanol–water partition coefficient (Wildman–Crippen LogP) is 2.80. The van der Waals surface area contributed by atoms with Crippen LogP contribution >= 0.6 is 0 Å². The van der Waals surface area contributed by atoms with Gasteiger partial charge in [0.25, 0.3) is 0 Å². The largest absolute Gasteiger partial charge is 0.486 e. The Labute approximate surface area is 151 Å². The smallest absolute Gasteiger partial charge is 0.161 e. The van der Waals surface area contributed by atoms with E-state index in [1.54, 1.807) is 6.20 Å². The number of benzene rings is 1. The number of fused-ring (bicyclic) bond motifs is 2. The maximum absolute atomic E-state index is 5.70. The van der Waals surface area contributed by atoms with E-state index in [4.69, 9.17) is 14.5 Å². The van der Waals surface area contributed by atoms with Crippen molar-refractivity contribution in [2.24, 2.45) is 0 Å². The Balaban J connectivity index is 1.32. The molecule has 2 aliphatic heterocycles. The van der Waals surface area contributed by atoms with E-state index in [1.165, 1.54) is 17.0 Å². The number of nitrogens with one attached hydrogen (secondary N) is 1. The summed E-state index contributed by atoms with van der Waals surface area (Å²) in [5, 5.41) is 0. The van der Waals surface area contributed by atoms with Crippen LogP contribution in [-0.4, -0.2) is 39.6 Å². The highest BCUT2D eigenvalue weighted by Crippen LogP contribution is 2.31. The minimum absolute atomic E-state index is 0.620. The van der Waals surface area contributed by atoms with Gasteiger partial charge in [-0.15, -0.1) is 0 Å². The summed E-state index contributed by atoms with van der Waals surface area (Å²) in [6.45, 7) is 4.00. The molecule has 1 N–H and O–H groups in total. The molecule has 0 unspecified atom stereocenters. The molecule has 0 radical (unpaired) electrons. The van der Waals surface area contributed by atoms with E-state index in [-0.39, 0.29) is 0 Å². The molecule has 4 heterocycles. The van der Waals surface area contributed by atoms with Crippen molar-refractivity contribution in [3.63, 3.8) is 0 Å². The monoisotopic (exact) mass is 348 g/mol. The number of pyridine rings is 1. The molecule has 2 aromatic heterocycles. The molecule has 0 spiro atoms. The molecule has 1 aromatic carbocycles. The third-order valence-corrected chi connectivity index (χ3v) is 4.86. The van der Waals surface area contributed by atoms with E-state index in [0.29, 0.717) is 13.2 Å². The Kier molecular flexibility index (Phi) is 3.83. The number of aromatic amines is 1. The second-order valence-corrected chi connectivity index (χ2v) is 6.69. The molecule has 0 atom stereocenters. The van der Waals surface area contributed by atoms with Gasteiger partial charge in [0, 0.05) is 44.0 Å². The third kappa shape index (κ3) is 2.93. The average molecular weight is 348 g/mol. The maximum Gasteiger partial charge on any atom is 0.161 e. The first-order valence-corrected chi connectivity index (χ1v) is 8.94. The van der Waals surface area contributed by atoms with Crippen LogP contribution in [0, 0.1) is 0 Å². The lowest BCUT2D eigenvalue weighted by molar-refractivity contribution is 0.171. The molecule has 0 bridgehead atoms. The molecule has 3 aromatic rings. The Morgan fingerprint density at radius 1 is 1.12 bits per heavy atom. The quantitative estimate of drug-likeness (QED) is 0.789. The zero-order valence-corrected chi connectivity index (χ0v) is 14.4. The van der Waals surface area contributed by atoms with E-state index in [0.717, 1.165) is 48.9 Å². The van der Waals surface area contributed by atoms with Crippen LogP contribution in [0.3, 0.4) is 0 Å². The fourth-order valence-corrected chi connectivity index (χ4v) is 3.57. The van der Waals surface area contributed by atoms with Crippen LogP contribution in [0.1, 0.15) is 17.0 Å². The summed E-state index contributed by atoms with van der Waals surface area (Å²) >= 11 is 0. The summed E-state index contributed by atoms with van der Waals surface area (Å²) in [7, 11) is 0. The van der Waals surface area contributed by atoms with Gasteiger partial charge in [0.15, 0.2) is 11.5 Å². The fraction of sp³-hybridized carbons (Fsp3) is 0.300. The van der Waals surface area contributed by atoms with Crippen LogP contribution in [0.15, 0.2) is 42.7 Å². The number of rotatable bonds is 3. The number of hydrogen-bond donors (Lipinski definition) is 1. The predicted molar refractivity (Wildman–Crippen MR) is 97.1 cm³/mol. The maximum atomic E-state index is 5.70.